The number of nitrogens with zero attached hydrogens (tertiary/aromatic N) is 1. The Hall–Kier alpha value is -4.99. The molecule has 0 radical (unpaired) electrons. The van der Waals surface area contributed by atoms with Gasteiger partial charge in [0.15, 0.2) is 23.0 Å². The lowest BCUT2D eigenvalue weighted by Gasteiger charge is -2.11. The second-order valence-corrected chi connectivity index (χ2v) is 8.96. The number of hydrogen-bond donors (Lipinski definition) is 0. The highest BCUT2D eigenvalue weighted by Crippen LogP contribution is 2.31. The van der Waals surface area contributed by atoms with Crippen molar-refractivity contribution in [3.63, 3.8) is 0 Å². The molecule has 0 unspecified atom stereocenters. The molecular weight excluding hydrogens is 526 g/mol. The summed E-state index contributed by atoms with van der Waals surface area (Å²) in [6, 6.07) is 29.5. The van der Waals surface area contributed by atoms with E-state index < -0.39 is 5.97 Å². The SMILES string of the molecule is COc1cc(/C=C/C(=O)Oc2ccc(/C=C(/C#N)c3ccc(Cl)cc3)cc2OC)ccc1OCc1ccccc1. The van der Waals surface area contributed by atoms with Crippen LogP contribution in [0.5, 0.6) is 23.0 Å². The third-order valence-corrected chi connectivity index (χ3v) is 6.07. The lowest BCUT2D eigenvalue weighted by molar-refractivity contribution is -0.129. The molecule has 0 N–H and O–H groups in total. The van der Waals surface area contributed by atoms with Crippen molar-refractivity contribution < 1.29 is 23.7 Å². The zero-order valence-electron chi connectivity index (χ0n) is 22.0. The van der Waals surface area contributed by atoms with E-state index in [0.717, 1.165) is 16.7 Å². The molecule has 4 aromatic rings. The molecule has 200 valence electrons. The Bertz CT molecular complexity index is 1570. The molecule has 7 heteroatoms. The van der Waals surface area contributed by atoms with E-state index in [4.69, 9.17) is 30.5 Å². The van der Waals surface area contributed by atoms with Crippen LogP contribution in [-0.4, -0.2) is 20.2 Å². The fraction of sp³-hybridized carbons (Fsp3) is 0.0909. The van der Waals surface area contributed by atoms with Gasteiger partial charge in [-0.2, -0.15) is 5.26 Å². The number of rotatable bonds is 10. The summed E-state index contributed by atoms with van der Waals surface area (Å²) < 4.78 is 22.3. The third kappa shape index (κ3) is 7.53. The Morgan fingerprint density at radius 1 is 0.825 bits per heavy atom. The molecule has 4 rings (SSSR count). The fourth-order valence-corrected chi connectivity index (χ4v) is 3.91. The number of halogens is 1. The van der Waals surface area contributed by atoms with E-state index in [0.29, 0.717) is 40.0 Å². The van der Waals surface area contributed by atoms with Crippen LogP contribution in [0, 0.1) is 11.3 Å². The van der Waals surface area contributed by atoms with Gasteiger partial charge in [-0.15, -0.1) is 0 Å². The highest BCUT2D eigenvalue weighted by atomic mass is 35.5. The number of ether oxygens (including phenoxy) is 4. The van der Waals surface area contributed by atoms with Crippen LogP contribution in [0.25, 0.3) is 17.7 Å². The summed E-state index contributed by atoms with van der Waals surface area (Å²) >= 11 is 5.95. The van der Waals surface area contributed by atoms with E-state index >= 15 is 0 Å². The van der Waals surface area contributed by atoms with Crippen LogP contribution >= 0.6 is 11.6 Å². The maximum Gasteiger partial charge on any atom is 0.336 e. The lowest BCUT2D eigenvalue weighted by atomic mass is 10.0. The number of hydrogen-bond acceptors (Lipinski definition) is 6. The molecule has 0 aromatic heterocycles. The number of carbonyl (C=O) groups is 1. The Kier molecular flexibility index (Phi) is 9.60. The average Bonchev–Trinajstić information content (AvgIpc) is 2.99. The highest BCUT2D eigenvalue weighted by Gasteiger charge is 2.11. The molecule has 0 amide bonds. The maximum atomic E-state index is 12.6. The number of benzene rings is 4. The van der Waals surface area contributed by atoms with Gasteiger partial charge in [0.2, 0.25) is 0 Å². The molecule has 0 heterocycles. The van der Waals surface area contributed by atoms with Gasteiger partial charge < -0.3 is 18.9 Å². The van der Waals surface area contributed by atoms with Gasteiger partial charge in [-0.25, -0.2) is 4.79 Å². The van der Waals surface area contributed by atoms with Crippen molar-refractivity contribution >= 4 is 35.3 Å². The van der Waals surface area contributed by atoms with Gasteiger partial charge in [-0.1, -0.05) is 66.2 Å². The molecule has 0 aliphatic heterocycles. The predicted molar refractivity (Wildman–Crippen MR) is 156 cm³/mol. The number of allylic oxidation sites excluding steroid dienone is 1. The average molecular weight is 552 g/mol. The molecule has 0 aliphatic rings. The first-order chi connectivity index (χ1) is 19.5. The molecule has 0 spiro atoms. The normalized spacial score (nSPS) is 11.1. The van der Waals surface area contributed by atoms with E-state index in [2.05, 4.69) is 6.07 Å². The topological polar surface area (TPSA) is 77.8 Å². The number of carbonyl (C=O) groups excluding carboxylic acids is 1. The molecule has 0 bridgehead atoms. The summed E-state index contributed by atoms with van der Waals surface area (Å²) in [6.07, 6.45) is 4.67. The zero-order valence-corrected chi connectivity index (χ0v) is 22.7. The van der Waals surface area contributed by atoms with E-state index in [1.807, 2.05) is 36.4 Å². The van der Waals surface area contributed by atoms with E-state index in [-0.39, 0.29) is 5.75 Å². The number of methoxy groups -OCH3 is 2. The molecular formula is C33H26ClNO5. The lowest BCUT2D eigenvalue weighted by Crippen LogP contribution is -2.05. The van der Waals surface area contributed by atoms with Gasteiger partial charge in [-0.3, -0.25) is 0 Å². The first-order valence-electron chi connectivity index (χ1n) is 12.3. The number of nitriles is 1. The van der Waals surface area contributed by atoms with E-state index in [1.54, 1.807) is 73.9 Å². The van der Waals surface area contributed by atoms with Crippen LogP contribution < -0.4 is 18.9 Å². The van der Waals surface area contributed by atoms with Gasteiger partial charge in [0.05, 0.1) is 25.9 Å². The predicted octanol–water partition coefficient (Wildman–Crippen LogP) is 7.62. The maximum absolute atomic E-state index is 12.6. The van der Waals surface area contributed by atoms with Crippen LogP contribution in [-0.2, 0) is 11.4 Å². The van der Waals surface area contributed by atoms with Gasteiger partial charge in [0.1, 0.15) is 6.61 Å². The van der Waals surface area contributed by atoms with Crippen molar-refractivity contribution in [1.82, 2.24) is 0 Å². The van der Waals surface area contributed by atoms with Crippen LogP contribution in [0.2, 0.25) is 5.02 Å². The Morgan fingerprint density at radius 3 is 2.17 bits per heavy atom. The quantitative estimate of drug-likeness (QED) is 0.0663. The summed E-state index contributed by atoms with van der Waals surface area (Å²) in [6.45, 7) is 0.411. The van der Waals surface area contributed by atoms with Gasteiger partial charge >= 0.3 is 5.97 Å². The number of esters is 1. The van der Waals surface area contributed by atoms with E-state index in [1.165, 1.54) is 13.2 Å². The van der Waals surface area contributed by atoms with Crippen molar-refractivity contribution in [2.45, 2.75) is 6.61 Å². The van der Waals surface area contributed by atoms with Crippen molar-refractivity contribution in [3.8, 4) is 29.1 Å². The Labute approximate surface area is 238 Å². The van der Waals surface area contributed by atoms with Gasteiger partial charge in [0, 0.05) is 11.1 Å². The molecule has 0 fully saturated rings. The minimum atomic E-state index is -0.580. The van der Waals surface area contributed by atoms with Crippen LogP contribution in [0.3, 0.4) is 0 Å². The third-order valence-electron chi connectivity index (χ3n) is 5.82. The fourth-order valence-electron chi connectivity index (χ4n) is 3.78. The molecule has 0 saturated heterocycles. The Morgan fingerprint density at radius 2 is 1.48 bits per heavy atom. The minimum Gasteiger partial charge on any atom is -0.493 e. The molecule has 6 nitrogen and oxygen atoms in total. The monoisotopic (exact) mass is 551 g/mol. The van der Waals surface area contributed by atoms with Crippen molar-refractivity contribution in [1.29, 1.82) is 5.26 Å². The highest BCUT2D eigenvalue weighted by molar-refractivity contribution is 6.30. The second-order valence-electron chi connectivity index (χ2n) is 8.53. The Balaban J connectivity index is 1.43. The summed E-state index contributed by atoms with van der Waals surface area (Å²) in [7, 11) is 3.04. The smallest absolute Gasteiger partial charge is 0.336 e. The first-order valence-corrected chi connectivity index (χ1v) is 12.7. The largest absolute Gasteiger partial charge is 0.493 e. The molecule has 0 atom stereocenters. The summed E-state index contributed by atoms with van der Waals surface area (Å²) in [5.41, 5.74) is 3.68. The van der Waals surface area contributed by atoms with E-state index in [9.17, 15) is 10.1 Å². The van der Waals surface area contributed by atoms with Crippen molar-refractivity contribution in [3.05, 3.63) is 124 Å². The molecule has 0 aliphatic carbocycles. The van der Waals surface area contributed by atoms with Gasteiger partial charge in [0.25, 0.3) is 0 Å². The molecule has 4 aromatic carbocycles. The van der Waals surface area contributed by atoms with Crippen LogP contribution in [0.4, 0.5) is 0 Å². The summed E-state index contributed by atoms with van der Waals surface area (Å²) in [5, 5.41) is 10.2. The summed E-state index contributed by atoms with van der Waals surface area (Å²) in [4.78, 5) is 12.6. The molecule has 0 saturated carbocycles. The zero-order chi connectivity index (χ0) is 28.3. The van der Waals surface area contributed by atoms with Crippen molar-refractivity contribution in [2.75, 3.05) is 14.2 Å². The minimum absolute atomic E-state index is 0.251. The standard InChI is InChI=1S/C33H26ClNO5/c1-37-31-19-23(8-15-29(31)39-22-24-6-4-3-5-7-24)10-17-33(36)40-30-16-9-25(20-32(30)38-2)18-27(21-35)26-11-13-28(34)14-12-26/h3-20H,22H2,1-2H3/b17-10+,27-18-. The second kappa shape index (κ2) is 13.7. The first kappa shape index (κ1) is 28.0. The van der Waals surface area contributed by atoms with Gasteiger partial charge in [-0.05, 0) is 70.8 Å². The van der Waals surface area contributed by atoms with Crippen molar-refractivity contribution in [2.24, 2.45) is 0 Å². The molecule has 40 heavy (non-hydrogen) atoms. The van der Waals surface area contributed by atoms with Crippen LogP contribution in [0.15, 0.2) is 97.1 Å². The van der Waals surface area contributed by atoms with Crippen LogP contribution in [0.1, 0.15) is 22.3 Å². The summed E-state index contributed by atoms with van der Waals surface area (Å²) in [5.74, 6) is 1.17.